The third-order valence-electron chi connectivity index (χ3n) is 8.03. The highest BCUT2D eigenvalue weighted by molar-refractivity contribution is 6.35. The number of amides is 1. The number of Topliss-reactive ketones (excluding diaryl/α,β-unsaturated/α-hetero) is 1. The van der Waals surface area contributed by atoms with E-state index in [9.17, 15) is 4.79 Å². The number of benzene rings is 5. The summed E-state index contributed by atoms with van der Waals surface area (Å²) in [6, 6.07) is 44.7. The monoisotopic (exact) mass is 489 g/mol. The van der Waals surface area contributed by atoms with Crippen LogP contribution in [0, 0.1) is 0 Å². The smallest absolute Gasteiger partial charge is 0.266 e. The number of aliphatic imine (C=N–C) groups is 1. The van der Waals surface area contributed by atoms with Crippen LogP contribution in [0.3, 0.4) is 0 Å². The van der Waals surface area contributed by atoms with Crippen LogP contribution >= 0.6 is 0 Å². The predicted molar refractivity (Wildman–Crippen MR) is 150 cm³/mol. The van der Waals surface area contributed by atoms with Crippen molar-refractivity contribution in [1.82, 2.24) is 0 Å². The van der Waals surface area contributed by atoms with E-state index in [1.165, 1.54) is 0 Å². The predicted octanol–water partition coefficient (Wildman–Crippen LogP) is 6.80. The first-order chi connectivity index (χ1) is 18.7. The first kappa shape index (κ1) is 22.3. The number of hydrogen-bond donors (Lipinski definition) is 0. The summed E-state index contributed by atoms with van der Waals surface area (Å²) in [7, 11) is 0. The minimum absolute atomic E-state index is 0.254. The van der Waals surface area contributed by atoms with Crippen molar-refractivity contribution in [1.29, 1.82) is 0 Å². The lowest BCUT2D eigenvalue weighted by Gasteiger charge is -2.43. The number of fused-ring (bicyclic) bond motifs is 5. The fraction of sp³-hybridized carbons (Fsp3) is 0.0571. The number of nitrogens with zero attached hydrogens (tertiary/aromatic N) is 1. The van der Waals surface area contributed by atoms with Crippen molar-refractivity contribution >= 4 is 17.4 Å². The van der Waals surface area contributed by atoms with Gasteiger partial charge in [-0.05, 0) is 33.4 Å². The second kappa shape index (κ2) is 8.32. The molecule has 0 bridgehead atoms. The molecule has 2 aliphatic rings. The van der Waals surface area contributed by atoms with E-state index in [4.69, 9.17) is 4.99 Å². The van der Waals surface area contributed by atoms with Crippen molar-refractivity contribution < 1.29 is 9.59 Å². The summed E-state index contributed by atoms with van der Waals surface area (Å²) < 4.78 is 0. The molecule has 1 aliphatic heterocycles. The second-order valence-corrected chi connectivity index (χ2v) is 9.78. The van der Waals surface area contributed by atoms with Crippen LogP contribution in [0.2, 0.25) is 0 Å². The number of carbonyl (C=O) groups excluding carboxylic acids is 2. The Balaban J connectivity index is 1.70. The maximum atomic E-state index is 15.0. The summed E-state index contributed by atoms with van der Waals surface area (Å²) in [5.41, 5.74) is 3.63. The van der Waals surface area contributed by atoms with Crippen LogP contribution in [-0.4, -0.2) is 17.4 Å². The van der Waals surface area contributed by atoms with Crippen LogP contribution in [-0.2, 0) is 15.6 Å². The van der Waals surface area contributed by atoms with Gasteiger partial charge in [0.15, 0.2) is 11.2 Å². The first-order valence-corrected chi connectivity index (χ1v) is 12.7. The summed E-state index contributed by atoms with van der Waals surface area (Å²) >= 11 is 0. The fourth-order valence-electron chi connectivity index (χ4n) is 6.61. The lowest BCUT2D eigenvalue weighted by Crippen LogP contribution is -2.58. The zero-order valence-electron chi connectivity index (χ0n) is 20.5. The van der Waals surface area contributed by atoms with E-state index >= 15 is 4.79 Å². The van der Waals surface area contributed by atoms with Crippen LogP contribution in [0.5, 0.6) is 0 Å². The van der Waals surface area contributed by atoms with Gasteiger partial charge in [-0.15, -0.1) is 0 Å². The van der Waals surface area contributed by atoms with Crippen LogP contribution in [0.15, 0.2) is 145 Å². The van der Waals surface area contributed by atoms with Crippen LogP contribution < -0.4 is 0 Å². The Morgan fingerprint density at radius 2 is 1.03 bits per heavy atom. The largest absolute Gasteiger partial charge is 0.293 e. The van der Waals surface area contributed by atoms with Gasteiger partial charge in [0.05, 0.1) is 11.1 Å². The quantitative estimate of drug-likeness (QED) is 0.206. The molecule has 5 aromatic carbocycles. The maximum Gasteiger partial charge on any atom is 0.266 e. The normalized spacial score (nSPS) is 18.6. The maximum absolute atomic E-state index is 15.0. The Morgan fingerprint density at radius 3 is 1.61 bits per heavy atom. The molecular weight excluding hydrogens is 466 g/mol. The van der Waals surface area contributed by atoms with E-state index < -0.39 is 16.7 Å². The number of ketones is 1. The molecule has 1 atom stereocenters. The van der Waals surface area contributed by atoms with E-state index in [-0.39, 0.29) is 5.78 Å². The average Bonchev–Trinajstić information content (AvgIpc) is 3.45. The van der Waals surface area contributed by atoms with Crippen LogP contribution in [0.4, 0.5) is 0 Å². The highest BCUT2D eigenvalue weighted by Crippen LogP contribution is 2.63. The Morgan fingerprint density at radius 1 is 0.553 bits per heavy atom. The molecule has 3 heteroatoms. The molecule has 180 valence electrons. The van der Waals surface area contributed by atoms with Gasteiger partial charge in [0.2, 0.25) is 0 Å². The molecule has 1 spiro atoms. The fourth-order valence-corrected chi connectivity index (χ4v) is 6.61. The van der Waals surface area contributed by atoms with Gasteiger partial charge >= 0.3 is 0 Å². The highest BCUT2D eigenvalue weighted by atomic mass is 16.2. The van der Waals surface area contributed by atoms with Crippen molar-refractivity contribution in [3.63, 3.8) is 0 Å². The second-order valence-electron chi connectivity index (χ2n) is 9.78. The molecule has 0 unspecified atom stereocenters. The summed E-state index contributed by atoms with van der Waals surface area (Å²) in [4.78, 5) is 34.5. The topological polar surface area (TPSA) is 46.5 Å². The summed E-state index contributed by atoms with van der Waals surface area (Å²) in [6.45, 7) is 0. The van der Waals surface area contributed by atoms with Crippen molar-refractivity contribution in [2.75, 3.05) is 0 Å². The Bertz CT molecular complexity index is 1690. The number of rotatable bonds is 4. The summed E-state index contributed by atoms with van der Waals surface area (Å²) in [6.07, 6.45) is 0. The molecular formula is C35H23NO2. The Kier molecular flexibility index (Phi) is 4.89. The SMILES string of the molecule is O=C1N=C(c2ccccc2)C2(c3ccccc3-c3ccccc32)[C@@]1(C(=O)c1ccccc1)c1ccccc1. The van der Waals surface area contributed by atoms with E-state index in [1.54, 1.807) is 12.1 Å². The van der Waals surface area contributed by atoms with Gasteiger partial charge in [-0.2, -0.15) is 0 Å². The van der Waals surface area contributed by atoms with Crippen molar-refractivity contribution in [2.24, 2.45) is 4.99 Å². The van der Waals surface area contributed by atoms with Gasteiger partial charge in [-0.1, -0.05) is 140 Å². The molecule has 0 radical (unpaired) electrons. The molecule has 3 nitrogen and oxygen atoms in total. The van der Waals surface area contributed by atoms with Gasteiger partial charge in [-0.25, -0.2) is 4.99 Å². The van der Waals surface area contributed by atoms with Gasteiger partial charge in [0, 0.05) is 5.56 Å². The van der Waals surface area contributed by atoms with Crippen LogP contribution in [0.25, 0.3) is 11.1 Å². The molecule has 1 aliphatic carbocycles. The van der Waals surface area contributed by atoms with E-state index in [0.29, 0.717) is 16.8 Å². The number of carbonyl (C=O) groups is 2. The van der Waals surface area contributed by atoms with Gasteiger partial charge in [-0.3, -0.25) is 9.59 Å². The molecule has 0 aromatic heterocycles. The average molecular weight is 490 g/mol. The lowest BCUT2D eigenvalue weighted by atomic mass is 9.51. The zero-order valence-corrected chi connectivity index (χ0v) is 20.5. The van der Waals surface area contributed by atoms with E-state index in [2.05, 4.69) is 24.3 Å². The number of hydrogen-bond acceptors (Lipinski definition) is 2. The molecule has 7 rings (SSSR count). The van der Waals surface area contributed by atoms with E-state index in [1.807, 2.05) is 103 Å². The Hall–Kier alpha value is -4.89. The molecule has 5 aromatic rings. The van der Waals surface area contributed by atoms with Gasteiger partial charge in [0.1, 0.15) is 0 Å². The molecule has 0 saturated heterocycles. The minimum Gasteiger partial charge on any atom is -0.293 e. The van der Waals surface area contributed by atoms with Crippen molar-refractivity contribution in [3.8, 4) is 11.1 Å². The van der Waals surface area contributed by atoms with Crippen molar-refractivity contribution in [3.05, 3.63) is 167 Å². The third-order valence-corrected chi connectivity index (χ3v) is 8.03. The Labute approximate surface area is 221 Å². The zero-order chi connectivity index (χ0) is 25.7. The standard InChI is InChI=1S/C35H23NO2/c37-32(25-16-6-2-7-17-25)34(26-18-8-3-9-19-26)33(38)36-31(24-14-4-1-5-15-24)35(34)29-22-12-10-20-27(29)28-21-11-13-23-30(28)35/h1-23H/t34-/m1/s1. The van der Waals surface area contributed by atoms with E-state index in [0.717, 1.165) is 27.8 Å². The third kappa shape index (κ3) is 2.71. The highest BCUT2D eigenvalue weighted by Gasteiger charge is 2.72. The summed E-state index contributed by atoms with van der Waals surface area (Å²) in [5.74, 6) is -0.696. The minimum atomic E-state index is -1.64. The van der Waals surface area contributed by atoms with Gasteiger partial charge < -0.3 is 0 Å². The first-order valence-electron chi connectivity index (χ1n) is 12.7. The molecule has 1 amide bonds. The molecule has 0 fully saturated rings. The molecule has 38 heavy (non-hydrogen) atoms. The molecule has 0 N–H and O–H groups in total. The molecule has 1 heterocycles. The van der Waals surface area contributed by atoms with Crippen molar-refractivity contribution in [2.45, 2.75) is 10.8 Å². The lowest BCUT2D eigenvalue weighted by molar-refractivity contribution is -0.121. The molecule has 0 saturated carbocycles. The van der Waals surface area contributed by atoms with Crippen LogP contribution in [0.1, 0.15) is 32.6 Å². The summed E-state index contributed by atoms with van der Waals surface area (Å²) in [5, 5.41) is 0. The van der Waals surface area contributed by atoms with Gasteiger partial charge in [0.25, 0.3) is 5.91 Å².